The van der Waals surface area contributed by atoms with E-state index in [1.54, 1.807) is 6.26 Å². The summed E-state index contributed by atoms with van der Waals surface area (Å²) in [5, 5.41) is 3.94. The van der Waals surface area contributed by atoms with Crippen LogP contribution < -0.4 is 10.1 Å². The van der Waals surface area contributed by atoms with Gasteiger partial charge in [0.1, 0.15) is 11.3 Å². The molecule has 0 aliphatic rings. The van der Waals surface area contributed by atoms with Gasteiger partial charge in [-0.15, -0.1) is 0 Å². The van der Waals surface area contributed by atoms with Gasteiger partial charge in [-0.05, 0) is 35.9 Å². The van der Waals surface area contributed by atoms with E-state index in [0.29, 0.717) is 19.6 Å². The van der Waals surface area contributed by atoms with Gasteiger partial charge in [-0.1, -0.05) is 34.1 Å². The molecule has 0 saturated heterocycles. The van der Waals surface area contributed by atoms with E-state index < -0.39 is 0 Å². The first-order chi connectivity index (χ1) is 11.2. The van der Waals surface area contributed by atoms with Crippen LogP contribution in [0.25, 0.3) is 11.0 Å². The van der Waals surface area contributed by atoms with Gasteiger partial charge in [-0.3, -0.25) is 4.79 Å². The van der Waals surface area contributed by atoms with E-state index >= 15 is 0 Å². The number of carbonyl (C=O) groups is 1. The van der Waals surface area contributed by atoms with Crippen LogP contribution in [0.15, 0.2) is 63.7 Å². The van der Waals surface area contributed by atoms with E-state index in [-0.39, 0.29) is 5.91 Å². The molecule has 1 heterocycles. The fourth-order valence-electron chi connectivity index (χ4n) is 2.22. The molecule has 0 aliphatic heterocycles. The Labute approximate surface area is 142 Å². The van der Waals surface area contributed by atoms with E-state index in [4.69, 9.17) is 9.15 Å². The van der Waals surface area contributed by atoms with Crippen LogP contribution in [0.4, 0.5) is 0 Å². The van der Waals surface area contributed by atoms with E-state index in [2.05, 4.69) is 21.2 Å². The average molecular weight is 374 g/mol. The number of benzene rings is 2. The van der Waals surface area contributed by atoms with Crippen molar-refractivity contribution in [1.29, 1.82) is 0 Å². The molecule has 23 heavy (non-hydrogen) atoms. The van der Waals surface area contributed by atoms with Crippen molar-refractivity contribution in [3.05, 3.63) is 64.8 Å². The zero-order chi connectivity index (χ0) is 16.1. The van der Waals surface area contributed by atoms with Gasteiger partial charge in [-0.2, -0.15) is 0 Å². The van der Waals surface area contributed by atoms with Crippen LogP contribution in [0.5, 0.6) is 5.75 Å². The highest BCUT2D eigenvalue weighted by Gasteiger charge is 2.04. The Kier molecular flexibility index (Phi) is 4.98. The Bertz CT molecular complexity index is 813. The van der Waals surface area contributed by atoms with Crippen molar-refractivity contribution < 1.29 is 13.9 Å². The molecule has 1 N–H and O–H groups in total. The second-order valence-corrected chi connectivity index (χ2v) is 6.04. The predicted octanol–water partition coefficient (Wildman–Crippen LogP) is 4.28. The summed E-state index contributed by atoms with van der Waals surface area (Å²) in [6.07, 6.45) is 1.97. The number of fused-ring (bicyclic) bond motifs is 1. The lowest BCUT2D eigenvalue weighted by Crippen LogP contribution is -2.24. The zero-order valence-corrected chi connectivity index (χ0v) is 14.0. The summed E-state index contributed by atoms with van der Waals surface area (Å²) in [5.41, 5.74) is 1.84. The molecular formula is C18H16BrNO3. The second-order valence-electron chi connectivity index (χ2n) is 5.13. The number of ether oxygens (including phenoxy) is 1. The molecule has 0 spiro atoms. The highest BCUT2D eigenvalue weighted by atomic mass is 79.9. The summed E-state index contributed by atoms with van der Waals surface area (Å²) in [6, 6.07) is 15.4. The van der Waals surface area contributed by atoms with E-state index in [0.717, 1.165) is 26.8 Å². The van der Waals surface area contributed by atoms with Gasteiger partial charge in [0.2, 0.25) is 5.91 Å². The molecule has 0 radical (unpaired) electrons. The fourth-order valence-corrected chi connectivity index (χ4v) is 2.59. The van der Waals surface area contributed by atoms with E-state index in [1.807, 2.05) is 48.5 Å². The van der Waals surface area contributed by atoms with Gasteiger partial charge < -0.3 is 14.5 Å². The maximum absolute atomic E-state index is 11.9. The standard InChI is InChI=1S/C18H16BrNO3/c19-15-2-1-3-16(11-15)22-9-7-18(21)20-12-13-4-5-14-6-8-23-17(14)10-13/h1-6,8,10-11H,7,9,12H2,(H,20,21). The lowest BCUT2D eigenvalue weighted by atomic mass is 10.2. The van der Waals surface area contributed by atoms with Gasteiger partial charge in [0, 0.05) is 16.4 Å². The Morgan fingerprint density at radius 3 is 2.96 bits per heavy atom. The van der Waals surface area contributed by atoms with Crippen LogP contribution in [-0.2, 0) is 11.3 Å². The highest BCUT2D eigenvalue weighted by Crippen LogP contribution is 2.18. The zero-order valence-electron chi connectivity index (χ0n) is 12.4. The second kappa shape index (κ2) is 7.33. The third-order valence-electron chi connectivity index (χ3n) is 3.40. The first kappa shape index (κ1) is 15.6. The quantitative estimate of drug-likeness (QED) is 0.701. The van der Waals surface area contributed by atoms with Crippen molar-refractivity contribution in [1.82, 2.24) is 5.32 Å². The van der Waals surface area contributed by atoms with Crippen LogP contribution >= 0.6 is 15.9 Å². The molecule has 0 unspecified atom stereocenters. The van der Waals surface area contributed by atoms with Crippen molar-refractivity contribution in [2.45, 2.75) is 13.0 Å². The molecule has 0 bridgehead atoms. The van der Waals surface area contributed by atoms with Crippen LogP contribution in [0, 0.1) is 0 Å². The van der Waals surface area contributed by atoms with Crippen molar-refractivity contribution >= 4 is 32.8 Å². The monoisotopic (exact) mass is 373 g/mol. The number of carbonyl (C=O) groups excluding carboxylic acids is 1. The minimum absolute atomic E-state index is 0.0421. The van der Waals surface area contributed by atoms with Gasteiger partial charge in [0.15, 0.2) is 0 Å². The van der Waals surface area contributed by atoms with Crippen molar-refractivity contribution in [2.75, 3.05) is 6.61 Å². The van der Waals surface area contributed by atoms with Gasteiger partial charge >= 0.3 is 0 Å². The highest BCUT2D eigenvalue weighted by molar-refractivity contribution is 9.10. The number of hydrogen-bond donors (Lipinski definition) is 1. The molecule has 3 aromatic rings. The van der Waals surface area contributed by atoms with Gasteiger partial charge in [0.25, 0.3) is 0 Å². The van der Waals surface area contributed by atoms with Crippen LogP contribution in [-0.4, -0.2) is 12.5 Å². The Hall–Kier alpha value is -2.27. The number of furan rings is 1. The Morgan fingerprint density at radius 2 is 2.09 bits per heavy atom. The number of rotatable bonds is 6. The molecule has 4 nitrogen and oxygen atoms in total. The summed E-state index contributed by atoms with van der Waals surface area (Å²) in [4.78, 5) is 11.9. The van der Waals surface area contributed by atoms with Crippen LogP contribution in [0.2, 0.25) is 0 Å². The minimum Gasteiger partial charge on any atom is -0.493 e. The van der Waals surface area contributed by atoms with E-state index in [9.17, 15) is 4.79 Å². The van der Waals surface area contributed by atoms with Crippen molar-refractivity contribution in [3.63, 3.8) is 0 Å². The Morgan fingerprint density at radius 1 is 1.17 bits per heavy atom. The summed E-state index contributed by atoms with van der Waals surface area (Å²) in [5.74, 6) is 0.704. The fraction of sp³-hybridized carbons (Fsp3) is 0.167. The third-order valence-corrected chi connectivity index (χ3v) is 3.90. The maximum atomic E-state index is 11.9. The maximum Gasteiger partial charge on any atom is 0.223 e. The molecule has 2 aromatic carbocycles. The van der Waals surface area contributed by atoms with Gasteiger partial charge in [0.05, 0.1) is 19.3 Å². The van der Waals surface area contributed by atoms with Crippen molar-refractivity contribution in [3.8, 4) is 5.75 Å². The Balaban J connectivity index is 1.44. The molecular weight excluding hydrogens is 358 g/mol. The molecule has 0 atom stereocenters. The largest absolute Gasteiger partial charge is 0.493 e. The van der Waals surface area contributed by atoms with Crippen LogP contribution in [0.3, 0.4) is 0 Å². The molecule has 0 fully saturated rings. The average Bonchev–Trinajstić information content (AvgIpc) is 3.00. The smallest absolute Gasteiger partial charge is 0.223 e. The number of amides is 1. The van der Waals surface area contributed by atoms with Gasteiger partial charge in [-0.25, -0.2) is 0 Å². The molecule has 1 aromatic heterocycles. The number of hydrogen-bond acceptors (Lipinski definition) is 3. The molecule has 1 amide bonds. The van der Waals surface area contributed by atoms with E-state index in [1.165, 1.54) is 0 Å². The van der Waals surface area contributed by atoms with Crippen molar-refractivity contribution in [2.24, 2.45) is 0 Å². The lowest BCUT2D eigenvalue weighted by molar-refractivity contribution is -0.121. The summed E-state index contributed by atoms with van der Waals surface area (Å²) in [7, 11) is 0. The number of nitrogens with one attached hydrogen (secondary N) is 1. The summed E-state index contributed by atoms with van der Waals surface area (Å²) >= 11 is 3.38. The topological polar surface area (TPSA) is 51.5 Å². The first-order valence-electron chi connectivity index (χ1n) is 7.32. The third kappa shape index (κ3) is 4.36. The molecule has 3 rings (SSSR count). The number of halogens is 1. The predicted molar refractivity (Wildman–Crippen MR) is 92.3 cm³/mol. The molecule has 5 heteroatoms. The summed E-state index contributed by atoms with van der Waals surface area (Å²) < 4.78 is 11.9. The van der Waals surface area contributed by atoms with Crippen LogP contribution in [0.1, 0.15) is 12.0 Å². The lowest BCUT2D eigenvalue weighted by Gasteiger charge is -2.08. The SMILES string of the molecule is O=C(CCOc1cccc(Br)c1)NCc1ccc2ccoc2c1. The first-order valence-corrected chi connectivity index (χ1v) is 8.11. The summed E-state index contributed by atoms with van der Waals surface area (Å²) in [6.45, 7) is 0.825. The normalized spacial score (nSPS) is 10.7. The minimum atomic E-state index is -0.0421. The molecule has 0 aliphatic carbocycles. The molecule has 118 valence electrons. The molecule has 0 saturated carbocycles.